The summed E-state index contributed by atoms with van der Waals surface area (Å²) in [6.07, 6.45) is 10.5. The number of amidine groups is 2. The second kappa shape index (κ2) is 19.6. The van der Waals surface area contributed by atoms with Gasteiger partial charge in [-0.25, -0.2) is 0 Å². The van der Waals surface area contributed by atoms with Crippen LogP contribution in [0.2, 0.25) is 0 Å². The predicted molar refractivity (Wildman–Crippen MR) is 191 cm³/mol. The van der Waals surface area contributed by atoms with Gasteiger partial charge in [-0.1, -0.05) is 56.5 Å². The number of esters is 2. The summed E-state index contributed by atoms with van der Waals surface area (Å²) in [4.78, 5) is 61.6. The molecule has 1 saturated heterocycles. The van der Waals surface area contributed by atoms with Gasteiger partial charge in [-0.3, -0.25) is 24.2 Å². The van der Waals surface area contributed by atoms with E-state index in [-0.39, 0.29) is 43.0 Å². The molecule has 11 nitrogen and oxygen atoms in total. The molecule has 12 heteroatoms. The van der Waals surface area contributed by atoms with Crippen LogP contribution in [0.1, 0.15) is 128 Å². The van der Waals surface area contributed by atoms with Crippen LogP contribution in [0, 0.1) is 0 Å². The van der Waals surface area contributed by atoms with Crippen LogP contribution >= 0.6 is 11.8 Å². The Bertz CT molecular complexity index is 1290. The molecule has 48 heavy (non-hydrogen) atoms. The fourth-order valence-corrected chi connectivity index (χ4v) is 6.94. The lowest BCUT2D eigenvalue weighted by molar-refractivity contribution is -0.154. The molecule has 3 N–H and O–H groups in total. The zero-order valence-corrected chi connectivity index (χ0v) is 30.2. The molecule has 2 amide bonds. The molecule has 1 heterocycles. The lowest BCUT2D eigenvalue weighted by atomic mass is 9.98. The highest BCUT2D eigenvalue weighted by Gasteiger charge is 2.40. The number of ether oxygens (including phenoxy) is 2. The smallest absolute Gasteiger partial charge is 0.308 e. The van der Waals surface area contributed by atoms with Crippen molar-refractivity contribution < 1.29 is 28.7 Å². The van der Waals surface area contributed by atoms with Gasteiger partial charge in [0.15, 0.2) is 5.17 Å². The van der Waals surface area contributed by atoms with Gasteiger partial charge in [0.25, 0.3) is 5.91 Å². The molecule has 0 bridgehead atoms. The second-order valence-electron chi connectivity index (χ2n) is 13.6. The van der Waals surface area contributed by atoms with Crippen molar-refractivity contribution in [2.75, 3.05) is 19.6 Å². The topological polar surface area (TPSA) is 153 Å². The first kappa shape index (κ1) is 39.0. The molecule has 1 aromatic carbocycles. The van der Waals surface area contributed by atoms with E-state index in [0.717, 1.165) is 51.4 Å². The molecule has 1 aromatic rings. The summed E-state index contributed by atoms with van der Waals surface area (Å²) in [5, 5.41) is 2.90. The number of thioether (sulfide) groups is 1. The Morgan fingerprint density at radius 3 is 2.31 bits per heavy atom. The molecule has 1 aliphatic carbocycles. The number of hydrogen-bond acceptors (Lipinski definition) is 8. The number of carbonyl (C=O) groups is 4. The summed E-state index contributed by atoms with van der Waals surface area (Å²) in [5.74, 6) is -0.828. The molecule has 2 aliphatic rings. The van der Waals surface area contributed by atoms with Crippen LogP contribution in [0.3, 0.4) is 0 Å². The molecule has 2 fully saturated rings. The van der Waals surface area contributed by atoms with Gasteiger partial charge in [-0.05, 0) is 78.4 Å². The monoisotopic (exact) mass is 685 g/mol. The standard InChI is InChI=1S/C36H55N5O6S/c1-6-7-8-12-24-41-25(2)31(34(45)39-23-21-30(43)47-36(3,4)5)48-35(41)40-33(44)27-19-17-26(18-20-27)32(37)38-22-13-16-29(42)46-28-14-10-9-11-15-28/h17-20,25,28,31H,6-16,21-24H2,1-5H3,(H2,37,38)(H,39,45). The quantitative estimate of drug-likeness (QED) is 0.0955. The number of carbonyl (C=O) groups excluding carboxylic acids is 4. The maximum atomic E-state index is 13.3. The van der Waals surface area contributed by atoms with Crippen molar-refractivity contribution in [1.29, 1.82) is 0 Å². The molecule has 1 aliphatic heterocycles. The Balaban J connectivity index is 1.57. The van der Waals surface area contributed by atoms with Gasteiger partial charge in [0.05, 0.1) is 6.42 Å². The van der Waals surface area contributed by atoms with Crippen molar-refractivity contribution in [2.24, 2.45) is 15.7 Å². The van der Waals surface area contributed by atoms with Crippen LogP contribution in [0.15, 0.2) is 34.3 Å². The van der Waals surface area contributed by atoms with E-state index >= 15 is 0 Å². The Hall–Kier alpha value is -3.41. The fraction of sp³-hybridized carbons (Fsp3) is 0.667. The van der Waals surface area contributed by atoms with Gasteiger partial charge < -0.3 is 25.4 Å². The van der Waals surface area contributed by atoms with Crippen LogP contribution in [-0.2, 0) is 23.9 Å². The first-order valence-electron chi connectivity index (χ1n) is 17.5. The lowest BCUT2D eigenvalue weighted by Gasteiger charge is -2.25. The van der Waals surface area contributed by atoms with Crippen molar-refractivity contribution in [3.05, 3.63) is 35.4 Å². The molecule has 3 rings (SSSR count). The highest BCUT2D eigenvalue weighted by atomic mass is 32.2. The third-order valence-electron chi connectivity index (χ3n) is 8.26. The van der Waals surface area contributed by atoms with Gasteiger partial charge in [0.1, 0.15) is 22.8 Å². The SMILES string of the molecule is CCCCCCN1C(=NC(=O)c2ccc(C(N)=NCCCC(=O)OC3CCCCC3)cc2)SC(C(=O)NCCC(=O)OC(C)(C)C)C1C. The van der Waals surface area contributed by atoms with Crippen molar-refractivity contribution in [1.82, 2.24) is 10.2 Å². The number of aliphatic imine (C=N–C) groups is 2. The average molecular weight is 686 g/mol. The molecule has 1 saturated carbocycles. The van der Waals surface area contributed by atoms with Crippen LogP contribution < -0.4 is 11.1 Å². The van der Waals surface area contributed by atoms with Gasteiger partial charge in [-0.15, -0.1) is 0 Å². The van der Waals surface area contributed by atoms with Crippen LogP contribution in [-0.4, -0.2) is 82.3 Å². The van der Waals surface area contributed by atoms with Crippen LogP contribution in [0.4, 0.5) is 0 Å². The van der Waals surface area contributed by atoms with E-state index in [9.17, 15) is 19.2 Å². The molecule has 2 unspecified atom stereocenters. The van der Waals surface area contributed by atoms with Crippen molar-refractivity contribution >= 4 is 46.5 Å². The number of amides is 2. The Kier molecular flexibility index (Phi) is 15.9. The van der Waals surface area contributed by atoms with E-state index in [4.69, 9.17) is 15.2 Å². The molecule has 0 spiro atoms. The number of nitrogens with one attached hydrogen (secondary N) is 1. The molecule has 2 atom stereocenters. The number of nitrogens with zero attached hydrogens (tertiary/aromatic N) is 3. The fourth-order valence-electron chi connectivity index (χ4n) is 5.65. The summed E-state index contributed by atoms with van der Waals surface area (Å²) in [6.45, 7) is 10.8. The highest BCUT2D eigenvalue weighted by molar-refractivity contribution is 8.15. The van der Waals surface area contributed by atoms with E-state index in [2.05, 4.69) is 22.2 Å². The molecule has 0 aromatic heterocycles. The number of benzene rings is 1. The normalized spacial score (nSPS) is 19.7. The van der Waals surface area contributed by atoms with Crippen LogP contribution in [0.25, 0.3) is 0 Å². The molecular formula is C36H55N5O6S. The zero-order valence-electron chi connectivity index (χ0n) is 29.4. The van der Waals surface area contributed by atoms with E-state index in [1.54, 1.807) is 45.0 Å². The molecular weight excluding hydrogens is 630 g/mol. The summed E-state index contributed by atoms with van der Waals surface area (Å²) in [6, 6.07) is 6.62. The summed E-state index contributed by atoms with van der Waals surface area (Å²) in [5.41, 5.74) is 6.68. The second-order valence-corrected chi connectivity index (χ2v) is 14.7. The van der Waals surface area contributed by atoms with Crippen molar-refractivity contribution in [3.8, 4) is 0 Å². The first-order chi connectivity index (χ1) is 22.9. The van der Waals surface area contributed by atoms with Gasteiger partial charge in [0, 0.05) is 43.2 Å². The Morgan fingerprint density at radius 1 is 0.958 bits per heavy atom. The summed E-state index contributed by atoms with van der Waals surface area (Å²) < 4.78 is 10.9. The maximum Gasteiger partial charge on any atom is 0.308 e. The minimum atomic E-state index is -0.584. The predicted octanol–water partition coefficient (Wildman–Crippen LogP) is 5.78. The summed E-state index contributed by atoms with van der Waals surface area (Å²) in [7, 11) is 0. The van der Waals surface area contributed by atoms with Crippen LogP contribution in [0.5, 0.6) is 0 Å². The zero-order chi connectivity index (χ0) is 35.1. The van der Waals surface area contributed by atoms with E-state index in [1.165, 1.54) is 18.2 Å². The van der Waals surface area contributed by atoms with Crippen molar-refractivity contribution in [2.45, 2.75) is 135 Å². The third kappa shape index (κ3) is 13.2. The average Bonchev–Trinajstić information content (AvgIpc) is 3.35. The van der Waals surface area contributed by atoms with Crippen molar-refractivity contribution in [3.63, 3.8) is 0 Å². The Morgan fingerprint density at radius 2 is 1.65 bits per heavy atom. The number of rotatable bonds is 16. The minimum Gasteiger partial charge on any atom is -0.462 e. The molecule has 0 radical (unpaired) electrons. The van der Waals surface area contributed by atoms with Gasteiger partial charge in [-0.2, -0.15) is 4.99 Å². The lowest BCUT2D eigenvalue weighted by Crippen LogP contribution is -2.43. The highest BCUT2D eigenvalue weighted by Crippen LogP contribution is 2.33. The number of hydrogen-bond donors (Lipinski definition) is 2. The van der Waals surface area contributed by atoms with E-state index in [0.29, 0.717) is 48.1 Å². The van der Waals surface area contributed by atoms with Gasteiger partial charge in [0.2, 0.25) is 5.91 Å². The minimum absolute atomic E-state index is 0.0545. The maximum absolute atomic E-state index is 13.3. The summed E-state index contributed by atoms with van der Waals surface area (Å²) >= 11 is 1.28. The van der Waals surface area contributed by atoms with Gasteiger partial charge >= 0.3 is 11.9 Å². The van der Waals surface area contributed by atoms with E-state index in [1.807, 2.05) is 11.8 Å². The first-order valence-corrected chi connectivity index (χ1v) is 18.4. The third-order valence-corrected chi connectivity index (χ3v) is 9.66. The molecule has 266 valence electrons. The Labute approximate surface area is 290 Å². The number of unbranched alkanes of at least 4 members (excludes halogenated alkanes) is 3. The largest absolute Gasteiger partial charge is 0.462 e. The number of nitrogens with two attached hydrogens (primary N) is 1. The van der Waals surface area contributed by atoms with E-state index < -0.39 is 16.8 Å².